The Balaban J connectivity index is 2.17. The molecule has 154 valence electrons. The molecule has 0 aliphatic carbocycles. The van der Waals surface area contributed by atoms with E-state index in [2.05, 4.69) is 10.6 Å². The number of methoxy groups -OCH3 is 1. The fourth-order valence-electron chi connectivity index (χ4n) is 2.91. The van der Waals surface area contributed by atoms with Crippen molar-refractivity contribution in [3.8, 4) is 0 Å². The molecule has 29 heavy (non-hydrogen) atoms. The van der Waals surface area contributed by atoms with Crippen LogP contribution in [0.25, 0.3) is 0 Å². The highest BCUT2D eigenvalue weighted by atomic mass is 19.1. The van der Waals surface area contributed by atoms with Crippen molar-refractivity contribution in [2.75, 3.05) is 7.11 Å². The number of hydrogen-bond donors (Lipinski definition) is 2. The van der Waals surface area contributed by atoms with Gasteiger partial charge in [-0.05, 0) is 24.1 Å². The number of amides is 2. The van der Waals surface area contributed by atoms with E-state index in [-0.39, 0.29) is 18.4 Å². The summed E-state index contributed by atoms with van der Waals surface area (Å²) in [5.41, 5.74) is 2.20. The molecule has 0 radical (unpaired) electrons. The topological polar surface area (TPSA) is 84.5 Å². The largest absolute Gasteiger partial charge is 0.467 e. The molecule has 2 aromatic rings. The van der Waals surface area contributed by atoms with Gasteiger partial charge in [-0.25, -0.2) is 9.18 Å². The Morgan fingerprint density at radius 2 is 1.62 bits per heavy atom. The first kappa shape index (κ1) is 22.1. The third kappa shape index (κ3) is 6.71. The number of carbonyl (C=O) groups excluding carboxylic acids is 3. The molecule has 6 nitrogen and oxygen atoms in total. The maximum atomic E-state index is 14.0. The second kappa shape index (κ2) is 10.4. The molecular weight excluding hydrogens is 375 g/mol. The predicted octanol–water partition coefficient (Wildman–Crippen LogP) is 2.08. The lowest BCUT2D eigenvalue weighted by Gasteiger charge is -2.22. The molecule has 0 saturated heterocycles. The summed E-state index contributed by atoms with van der Waals surface area (Å²) in [5.74, 6) is -2.10. The Morgan fingerprint density at radius 1 is 0.966 bits per heavy atom. The number of rotatable bonds is 8. The number of carbonyl (C=O) groups is 3. The van der Waals surface area contributed by atoms with E-state index in [1.807, 2.05) is 31.2 Å². The number of ether oxygens (including phenoxy) is 1. The van der Waals surface area contributed by atoms with Crippen molar-refractivity contribution >= 4 is 17.8 Å². The average Bonchev–Trinajstić information content (AvgIpc) is 2.69. The number of benzene rings is 2. The van der Waals surface area contributed by atoms with Crippen molar-refractivity contribution in [3.05, 3.63) is 71.0 Å². The zero-order valence-corrected chi connectivity index (χ0v) is 16.7. The standard InChI is InChI=1S/C22H25FN2O4/c1-14-8-10-16(11-9-14)12-20(22(28)29-3)25-21(27)19(24-15(2)26)13-17-6-4-5-7-18(17)23/h4-11,19-20H,12-13H2,1-3H3,(H,24,26)(H,25,27)/t19-,20+/m0/s1. The van der Waals surface area contributed by atoms with E-state index in [1.165, 1.54) is 20.1 Å². The third-order valence-corrected chi connectivity index (χ3v) is 4.44. The summed E-state index contributed by atoms with van der Waals surface area (Å²) < 4.78 is 18.8. The molecule has 0 aliphatic rings. The monoisotopic (exact) mass is 400 g/mol. The number of esters is 1. The molecule has 2 N–H and O–H groups in total. The Hall–Kier alpha value is -3.22. The van der Waals surface area contributed by atoms with Crippen molar-refractivity contribution in [1.82, 2.24) is 10.6 Å². The van der Waals surface area contributed by atoms with Crippen molar-refractivity contribution in [3.63, 3.8) is 0 Å². The molecule has 2 aromatic carbocycles. The van der Waals surface area contributed by atoms with Gasteiger partial charge >= 0.3 is 5.97 Å². The van der Waals surface area contributed by atoms with Crippen molar-refractivity contribution in [2.24, 2.45) is 0 Å². The highest BCUT2D eigenvalue weighted by Crippen LogP contribution is 2.11. The van der Waals surface area contributed by atoms with E-state index < -0.39 is 35.7 Å². The van der Waals surface area contributed by atoms with Gasteiger partial charge in [-0.1, -0.05) is 48.0 Å². The van der Waals surface area contributed by atoms with Crippen LogP contribution in [0.4, 0.5) is 4.39 Å². The van der Waals surface area contributed by atoms with Gasteiger partial charge in [0.05, 0.1) is 7.11 Å². The molecule has 2 atom stereocenters. The molecular formula is C22H25FN2O4. The summed E-state index contributed by atoms with van der Waals surface area (Å²) in [6, 6.07) is 11.6. The second-order valence-electron chi connectivity index (χ2n) is 6.82. The van der Waals surface area contributed by atoms with Gasteiger partial charge in [0.2, 0.25) is 11.8 Å². The fourth-order valence-corrected chi connectivity index (χ4v) is 2.91. The number of hydrogen-bond acceptors (Lipinski definition) is 4. The summed E-state index contributed by atoms with van der Waals surface area (Å²) in [7, 11) is 1.24. The summed E-state index contributed by atoms with van der Waals surface area (Å²) in [4.78, 5) is 36.6. The molecule has 7 heteroatoms. The Morgan fingerprint density at radius 3 is 2.21 bits per heavy atom. The van der Waals surface area contributed by atoms with Crippen LogP contribution in [0, 0.1) is 12.7 Å². The zero-order chi connectivity index (χ0) is 21.4. The number of aryl methyl sites for hydroxylation is 1. The smallest absolute Gasteiger partial charge is 0.328 e. The predicted molar refractivity (Wildman–Crippen MR) is 107 cm³/mol. The quantitative estimate of drug-likeness (QED) is 0.665. The van der Waals surface area contributed by atoms with Crippen LogP contribution in [0.1, 0.15) is 23.6 Å². The minimum absolute atomic E-state index is 0.0451. The van der Waals surface area contributed by atoms with Gasteiger partial charge < -0.3 is 15.4 Å². The highest BCUT2D eigenvalue weighted by Gasteiger charge is 2.27. The first-order valence-corrected chi connectivity index (χ1v) is 9.24. The van der Waals surface area contributed by atoms with Gasteiger partial charge in [0, 0.05) is 19.8 Å². The van der Waals surface area contributed by atoms with Crippen LogP contribution in [-0.2, 0) is 32.0 Å². The maximum absolute atomic E-state index is 14.0. The van der Waals surface area contributed by atoms with Crippen LogP contribution in [0.15, 0.2) is 48.5 Å². The van der Waals surface area contributed by atoms with E-state index in [9.17, 15) is 18.8 Å². The summed E-state index contributed by atoms with van der Waals surface area (Å²) in [6.07, 6.45) is 0.182. The zero-order valence-electron chi connectivity index (χ0n) is 16.7. The molecule has 0 saturated carbocycles. The molecule has 0 unspecified atom stereocenters. The first-order chi connectivity index (χ1) is 13.8. The highest BCUT2D eigenvalue weighted by molar-refractivity contribution is 5.90. The van der Waals surface area contributed by atoms with Crippen LogP contribution in [0.2, 0.25) is 0 Å². The van der Waals surface area contributed by atoms with Gasteiger partial charge in [-0.3, -0.25) is 9.59 Å². The summed E-state index contributed by atoms with van der Waals surface area (Å²) in [6.45, 7) is 3.22. The SMILES string of the molecule is COC(=O)[C@@H](Cc1ccc(C)cc1)NC(=O)[C@H](Cc1ccccc1F)NC(C)=O. The summed E-state index contributed by atoms with van der Waals surface area (Å²) in [5, 5.41) is 5.14. The molecule has 2 amide bonds. The van der Waals surface area contributed by atoms with E-state index in [0.29, 0.717) is 0 Å². The van der Waals surface area contributed by atoms with Gasteiger partial charge in [-0.15, -0.1) is 0 Å². The van der Waals surface area contributed by atoms with Crippen LogP contribution in [0.5, 0.6) is 0 Å². The van der Waals surface area contributed by atoms with E-state index in [0.717, 1.165) is 11.1 Å². The minimum Gasteiger partial charge on any atom is -0.467 e. The fraction of sp³-hybridized carbons (Fsp3) is 0.318. The molecule has 0 spiro atoms. The number of nitrogens with one attached hydrogen (secondary N) is 2. The molecule has 0 aliphatic heterocycles. The molecule has 2 rings (SSSR count). The average molecular weight is 400 g/mol. The van der Waals surface area contributed by atoms with E-state index in [1.54, 1.807) is 18.2 Å². The van der Waals surface area contributed by atoms with Crippen molar-refractivity contribution < 1.29 is 23.5 Å². The number of halogens is 1. The van der Waals surface area contributed by atoms with Crippen molar-refractivity contribution in [1.29, 1.82) is 0 Å². The van der Waals surface area contributed by atoms with Crippen LogP contribution >= 0.6 is 0 Å². The molecule has 0 fully saturated rings. The second-order valence-corrected chi connectivity index (χ2v) is 6.82. The van der Waals surface area contributed by atoms with Crippen LogP contribution < -0.4 is 10.6 Å². The Labute approximate surface area is 169 Å². The van der Waals surface area contributed by atoms with Crippen LogP contribution in [-0.4, -0.2) is 37.0 Å². The van der Waals surface area contributed by atoms with Gasteiger partial charge in [0.15, 0.2) is 0 Å². The van der Waals surface area contributed by atoms with Gasteiger partial charge in [-0.2, -0.15) is 0 Å². The maximum Gasteiger partial charge on any atom is 0.328 e. The third-order valence-electron chi connectivity index (χ3n) is 4.44. The lowest BCUT2D eigenvalue weighted by Crippen LogP contribution is -2.53. The van der Waals surface area contributed by atoms with Crippen molar-refractivity contribution in [2.45, 2.75) is 38.8 Å². The Kier molecular flexibility index (Phi) is 7.88. The lowest BCUT2D eigenvalue weighted by molar-refractivity contribution is -0.145. The lowest BCUT2D eigenvalue weighted by atomic mass is 10.0. The minimum atomic E-state index is -1.03. The van der Waals surface area contributed by atoms with Crippen LogP contribution in [0.3, 0.4) is 0 Å². The normalized spacial score (nSPS) is 12.6. The van der Waals surface area contributed by atoms with E-state index >= 15 is 0 Å². The first-order valence-electron chi connectivity index (χ1n) is 9.24. The van der Waals surface area contributed by atoms with E-state index in [4.69, 9.17) is 4.74 Å². The summed E-state index contributed by atoms with van der Waals surface area (Å²) >= 11 is 0. The Bertz CT molecular complexity index is 867. The molecule has 0 bridgehead atoms. The van der Waals surface area contributed by atoms with Gasteiger partial charge in [0.25, 0.3) is 0 Å². The molecule has 0 aromatic heterocycles. The van der Waals surface area contributed by atoms with Gasteiger partial charge in [0.1, 0.15) is 17.9 Å². The molecule has 0 heterocycles.